The van der Waals surface area contributed by atoms with Crippen molar-refractivity contribution in [2.75, 3.05) is 6.61 Å². The van der Waals surface area contributed by atoms with Crippen molar-refractivity contribution >= 4 is 11.9 Å². The number of hydrogen-bond acceptors (Lipinski definition) is 3. The van der Waals surface area contributed by atoms with Gasteiger partial charge in [-0.2, -0.15) is 0 Å². The Morgan fingerprint density at radius 3 is 2.69 bits per heavy atom. The molecule has 1 saturated carbocycles. The summed E-state index contributed by atoms with van der Waals surface area (Å²) < 4.78 is 0. The first-order valence-electron chi connectivity index (χ1n) is 4.46. The molecule has 0 aromatic carbocycles. The Balaban J connectivity index is 1.88. The third-order valence-electron chi connectivity index (χ3n) is 2.23. The topological polar surface area (TPSA) is 58.6 Å². The molecule has 3 amide bonds. The highest BCUT2D eigenvalue weighted by molar-refractivity contribution is 6.02. The van der Waals surface area contributed by atoms with Gasteiger partial charge in [-0.15, -0.1) is 5.06 Å². The first kappa shape index (κ1) is 8.50. The number of carbonyl (C=O) groups excluding carboxylic acids is 2. The molecule has 1 saturated heterocycles. The third-order valence-corrected chi connectivity index (χ3v) is 2.23. The van der Waals surface area contributed by atoms with Crippen LogP contribution in [0.3, 0.4) is 0 Å². The summed E-state index contributed by atoms with van der Waals surface area (Å²) in [6.45, 7) is 2.12. The van der Waals surface area contributed by atoms with Crippen LogP contribution in [-0.4, -0.2) is 29.7 Å². The Morgan fingerprint density at radius 2 is 2.23 bits per heavy atom. The molecule has 1 heterocycles. The van der Waals surface area contributed by atoms with Crippen molar-refractivity contribution in [1.82, 2.24) is 10.4 Å². The van der Waals surface area contributed by atoms with E-state index in [1.165, 1.54) is 0 Å². The second-order valence-electron chi connectivity index (χ2n) is 3.54. The Kier molecular flexibility index (Phi) is 1.95. The zero-order valence-electron chi connectivity index (χ0n) is 7.45. The summed E-state index contributed by atoms with van der Waals surface area (Å²) in [6, 6.07) is -0.898. The summed E-state index contributed by atoms with van der Waals surface area (Å²) in [4.78, 5) is 27.5. The number of urea groups is 1. The van der Waals surface area contributed by atoms with E-state index in [0.717, 1.165) is 17.9 Å². The summed E-state index contributed by atoms with van der Waals surface area (Å²) >= 11 is 0. The predicted molar refractivity (Wildman–Crippen MR) is 43.5 cm³/mol. The van der Waals surface area contributed by atoms with E-state index in [1.54, 1.807) is 6.92 Å². The average Bonchev–Trinajstić information content (AvgIpc) is 2.84. The number of carbonyl (C=O) groups is 2. The van der Waals surface area contributed by atoms with Gasteiger partial charge >= 0.3 is 6.03 Å². The minimum Gasteiger partial charge on any atom is -0.324 e. The molecule has 5 nitrogen and oxygen atoms in total. The molecule has 0 aromatic rings. The molecule has 2 rings (SSSR count). The van der Waals surface area contributed by atoms with Crippen molar-refractivity contribution in [2.24, 2.45) is 5.92 Å². The molecular weight excluding hydrogens is 172 g/mol. The Morgan fingerprint density at radius 1 is 1.54 bits per heavy atom. The molecule has 72 valence electrons. The van der Waals surface area contributed by atoms with Crippen molar-refractivity contribution < 1.29 is 14.4 Å². The molecule has 1 N–H and O–H groups in total. The molecule has 2 fully saturated rings. The number of imide groups is 1. The van der Waals surface area contributed by atoms with Gasteiger partial charge in [-0.25, -0.2) is 4.79 Å². The van der Waals surface area contributed by atoms with E-state index in [-0.39, 0.29) is 5.91 Å². The fourth-order valence-corrected chi connectivity index (χ4v) is 1.17. The van der Waals surface area contributed by atoms with Gasteiger partial charge in [-0.1, -0.05) is 0 Å². The van der Waals surface area contributed by atoms with Crippen LogP contribution >= 0.6 is 0 Å². The highest BCUT2D eigenvalue weighted by Gasteiger charge is 2.37. The lowest BCUT2D eigenvalue weighted by Crippen LogP contribution is -2.32. The van der Waals surface area contributed by atoms with Crippen LogP contribution in [0.25, 0.3) is 0 Å². The van der Waals surface area contributed by atoms with Gasteiger partial charge < -0.3 is 5.32 Å². The Bertz CT molecular complexity index is 250. The molecule has 1 aliphatic carbocycles. The lowest BCUT2D eigenvalue weighted by molar-refractivity contribution is -0.164. The molecule has 0 aromatic heterocycles. The van der Waals surface area contributed by atoms with Gasteiger partial charge in [0.1, 0.15) is 6.04 Å². The lowest BCUT2D eigenvalue weighted by Gasteiger charge is -2.11. The highest BCUT2D eigenvalue weighted by atomic mass is 16.7. The van der Waals surface area contributed by atoms with Gasteiger partial charge in [0.25, 0.3) is 5.91 Å². The van der Waals surface area contributed by atoms with E-state index >= 15 is 0 Å². The number of amides is 3. The van der Waals surface area contributed by atoms with Gasteiger partial charge in [0, 0.05) is 0 Å². The van der Waals surface area contributed by atoms with Gasteiger partial charge in [-0.3, -0.25) is 9.63 Å². The summed E-state index contributed by atoms with van der Waals surface area (Å²) in [7, 11) is 0. The molecule has 13 heavy (non-hydrogen) atoms. The highest BCUT2D eigenvalue weighted by Crippen LogP contribution is 2.29. The second kappa shape index (κ2) is 2.99. The third kappa shape index (κ3) is 1.65. The van der Waals surface area contributed by atoms with Crippen LogP contribution in [0.15, 0.2) is 0 Å². The van der Waals surface area contributed by atoms with E-state index in [0.29, 0.717) is 12.5 Å². The van der Waals surface area contributed by atoms with Crippen LogP contribution in [0.2, 0.25) is 0 Å². The van der Waals surface area contributed by atoms with Crippen molar-refractivity contribution in [3.63, 3.8) is 0 Å². The summed E-state index contributed by atoms with van der Waals surface area (Å²) in [5, 5.41) is 3.31. The maximum atomic E-state index is 11.3. The van der Waals surface area contributed by atoms with Crippen LogP contribution in [0, 0.1) is 5.92 Å². The monoisotopic (exact) mass is 184 g/mol. The summed E-state index contributed by atoms with van der Waals surface area (Å²) in [5.74, 6) is 0.238. The molecular formula is C8H12N2O3. The van der Waals surface area contributed by atoms with Crippen molar-refractivity contribution in [3.8, 4) is 0 Å². The van der Waals surface area contributed by atoms with Crippen LogP contribution in [0.1, 0.15) is 19.8 Å². The van der Waals surface area contributed by atoms with E-state index in [4.69, 9.17) is 4.84 Å². The molecule has 2 aliphatic rings. The predicted octanol–water partition coefficient (Wildman–Crippen LogP) is 0.268. The number of nitrogens with zero attached hydrogens (tertiary/aromatic N) is 1. The second-order valence-corrected chi connectivity index (χ2v) is 3.54. The first-order valence-corrected chi connectivity index (χ1v) is 4.46. The fourth-order valence-electron chi connectivity index (χ4n) is 1.17. The minimum absolute atomic E-state index is 0.300. The van der Waals surface area contributed by atoms with Gasteiger partial charge in [0.2, 0.25) is 0 Å². The minimum atomic E-state index is -0.452. The molecule has 0 radical (unpaired) electrons. The quantitative estimate of drug-likeness (QED) is 0.640. The van der Waals surface area contributed by atoms with E-state index in [1.807, 2.05) is 0 Å². The summed E-state index contributed by atoms with van der Waals surface area (Å²) in [6.07, 6.45) is 2.28. The zero-order chi connectivity index (χ0) is 9.42. The van der Waals surface area contributed by atoms with Crippen molar-refractivity contribution in [2.45, 2.75) is 25.8 Å². The molecule has 0 bridgehead atoms. The number of hydrogen-bond donors (Lipinski definition) is 1. The molecule has 1 atom stereocenters. The maximum absolute atomic E-state index is 11.3. The fraction of sp³-hybridized carbons (Fsp3) is 0.750. The number of hydroxylamine groups is 2. The van der Waals surface area contributed by atoms with Crippen molar-refractivity contribution in [3.05, 3.63) is 0 Å². The van der Waals surface area contributed by atoms with Gasteiger partial charge in [-0.05, 0) is 25.7 Å². The Hall–Kier alpha value is -1.10. The van der Waals surface area contributed by atoms with E-state index in [2.05, 4.69) is 5.32 Å². The van der Waals surface area contributed by atoms with Gasteiger partial charge in [0.15, 0.2) is 0 Å². The largest absolute Gasteiger partial charge is 0.349 e. The maximum Gasteiger partial charge on any atom is 0.349 e. The SMILES string of the molecule is C[C@H]1NC(=O)N(OCC2CC2)C1=O. The van der Waals surface area contributed by atoms with Gasteiger partial charge in [0.05, 0.1) is 6.61 Å². The van der Waals surface area contributed by atoms with E-state index < -0.39 is 12.1 Å². The van der Waals surface area contributed by atoms with E-state index in [9.17, 15) is 9.59 Å². The smallest absolute Gasteiger partial charge is 0.324 e. The molecule has 5 heteroatoms. The molecule has 0 unspecified atom stereocenters. The first-order chi connectivity index (χ1) is 6.18. The zero-order valence-corrected chi connectivity index (χ0v) is 7.45. The summed E-state index contributed by atoms with van der Waals surface area (Å²) in [5.41, 5.74) is 0. The van der Waals surface area contributed by atoms with Crippen molar-refractivity contribution in [1.29, 1.82) is 0 Å². The normalized spacial score (nSPS) is 28.1. The number of rotatable bonds is 3. The standard InChI is InChI=1S/C8H12N2O3/c1-5-7(11)10(8(12)9-5)13-4-6-2-3-6/h5-6H,2-4H2,1H3,(H,9,12)/t5-/m1/s1. The number of nitrogens with one attached hydrogen (secondary N) is 1. The van der Waals surface area contributed by atoms with Crippen LogP contribution in [-0.2, 0) is 9.63 Å². The van der Waals surface area contributed by atoms with Crippen LogP contribution < -0.4 is 5.32 Å². The van der Waals surface area contributed by atoms with Crippen LogP contribution in [0.5, 0.6) is 0 Å². The Labute approximate surface area is 76.0 Å². The average molecular weight is 184 g/mol. The molecule has 1 aliphatic heterocycles. The lowest BCUT2D eigenvalue weighted by atomic mass is 10.4. The van der Waals surface area contributed by atoms with Crippen LogP contribution in [0.4, 0.5) is 4.79 Å². The molecule has 0 spiro atoms.